The van der Waals surface area contributed by atoms with Crippen LogP contribution in [0.1, 0.15) is 132 Å². The lowest BCUT2D eigenvalue weighted by Gasteiger charge is -2.17. The number of carbonyl (C=O) groups is 6. The Labute approximate surface area is 445 Å². The van der Waals surface area contributed by atoms with E-state index in [-0.39, 0.29) is 88.5 Å². The number of ether oxygens (including phenoxy) is 3. The van der Waals surface area contributed by atoms with Crippen LogP contribution in [0.3, 0.4) is 0 Å². The van der Waals surface area contributed by atoms with E-state index in [9.17, 15) is 28.8 Å². The first-order valence-electron chi connectivity index (χ1n) is 24.7. The summed E-state index contributed by atoms with van der Waals surface area (Å²) in [5, 5.41) is 8.92. The number of oxazole rings is 3. The second-order valence-electron chi connectivity index (χ2n) is 18.3. The van der Waals surface area contributed by atoms with E-state index < -0.39 is 53.8 Å². The van der Waals surface area contributed by atoms with Gasteiger partial charge in [-0.2, -0.15) is 0 Å². The van der Waals surface area contributed by atoms with Gasteiger partial charge in [-0.15, -0.1) is 0 Å². The summed E-state index contributed by atoms with van der Waals surface area (Å²) in [5.41, 5.74) is 2.82. The number of nitrogens with zero attached hydrogens (tertiary/aromatic N) is 3. The number of rotatable bonds is 12. The molecule has 6 bridgehead atoms. The molecule has 3 amide bonds. The molecule has 390 valence electrons. The van der Waals surface area contributed by atoms with Crippen molar-refractivity contribution in [2.75, 3.05) is 0 Å². The number of benzene rings is 6. The van der Waals surface area contributed by atoms with E-state index in [0.29, 0.717) is 33.4 Å². The van der Waals surface area contributed by atoms with Crippen LogP contribution in [0.5, 0.6) is 17.2 Å². The van der Waals surface area contributed by atoms with Crippen molar-refractivity contribution in [3.8, 4) is 17.2 Å². The maximum absolute atomic E-state index is 14.5. The fraction of sp³-hybridized carbons (Fsp3) is 0.150. The highest BCUT2D eigenvalue weighted by Gasteiger charge is 2.33. The summed E-state index contributed by atoms with van der Waals surface area (Å²) in [6.07, 6.45) is 0.239. The highest BCUT2D eigenvalue weighted by Crippen LogP contribution is 2.30. The summed E-state index contributed by atoms with van der Waals surface area (Å²) in [6, 6.07) is 42.7. The van der Waals surface area contributed by atoms with Crippen molar-refractivity contribution in [1.82, 2.24) is 30.9 Å². The van der Waals surface area contributed by atoms with Crippen molar-refractivity contribution in [2.24, 2.45) is 0 Å². The molecule has 9 aromatic rings. The summed E-state index contributed by atoms with van der Waals surface area (Å²) >= 11 is 0. The first-order valence-corrected chi connectivity index (χ1v) is 24.7. The largest absolute Gasteiger partial charge is 0.443 e. The van der Waals surface area contributed by atoms with Gasteiger partial charge in [0.2, 0.25) is 17.7 Å². The Kier molecular flexibility index (Phi) is 14.9. The molecular formula is C60H48N6O12. The van der Waals surface area contributed by atoms with Crippen molar-refractivity contribution in [1.29, 1.82) is 0 Å². The summed E-state index contributed by atoms with van der Waals surface area (Å²) in [4.78, 5) is 95.8. The van der Waals surface area contributed by atoms with Crippen LogP contribution in [0, 0.1) is 20.8 Å². The molecule has 3 atom stereocenters. The van der Waals surface area contributed by atoms with Gasteiger partial charge in [0.1, 0.15) is 52.7 Å². The number of carbonyl (C=O) groups excluding carboxylic acids is 6. The van der Waals surface area contributed by atoms with E-state index in [1.807, 2.05) is 0 Å². The van der Waals surface area contributed by atoms with Crippen LogP contribution in [0.25, 0.3) is 0 Å². The second-order valence-corrected chi connectivity index (χ2v) is 18.3. The maximum atomic E-state index is 14.5. The van der Waals surface area contributed by atoms with Crippen LogP contribution in [-0.4, -0.2) is 50.6 Å². The molecule has 10 rings (SSSR count). The minimum Gasteiger partial charge on any atom is -0.443 e. The molecule has 3 unspecified atom stereocenters. The Morgan fingerprint density at radius 1 is 0.385 bits per heavy atom. The molecule has 0 saturated heterocycles. The standard InChI is InChI=1S/C60H48N6O12/c1-34-49-52(67)61-47(32-38-21-27-44(28-22-38)77-59(71)41-15-9-5-10-16-41)56-65-51(36(3)74-56)54(69)63-48(33-39-23-29-45(30-24-39)78-60(72)42-17-11-6-12-18-42)57-66-50(35(2)75-57)53(68)62-46(55(64-49)73-34)31-37-19-25-43(26-20-37)76-58(70)40-13-7-4-8-14-40/h4-30,46-48H,31-33H2,1-3H3,(H,61,67)(H,62,68)(H,63,69). The number of amides is 3. The van der Waals surface area contributed by atoms with Crippen molar-refractivity contribution in [3.63, 3.8) is 0 Å². The molecule has 0 spiro atoms. The predicted octanol–water partition coefficient (Wildman–Crippen LogP) is 9.69. The number of fused-ring (bicyclic) bond motifs is 6. The van der Waals surface area contributed by atoms with Gasteiger partial charge in [0.15, 0.2) is 17.1 Å². The van der Waals surface area contributed by atoms with Gasteiger partial charge in [0.25, 0.3) is 17.7 Å². The molecule has 6 aromatic carbocycles. The lowest BCUT2D eigenvalue weighted by atomic mass is 10.0. The van der Waals surface area contributed by atoms with Crippen LogP contribution in [0.4, 0.5) is 0 Å². The lowest BCUT2D eigenvalue weighted by molar-refractivity contribution is 0.0725. The third kappa shape index (κ3) is 12.0. The average Bonchev–Trinajstić information content (AvgIpc) is 4.23. The lowest BCUT2D eigenvalue weighted by Crippen LogP contribution is -2.33. The Morgan fingerprint density at radius 3 is 0.872 bits per heavy atom. The van der Waals surface area contributed by atoms with Crippen molar-refractivity contribution >= 4 is 35.6 Å². The van der Waals surface area contributed by atoms with Crippen molar-refractivity contribution in [2.45, 2.75) is 58.2 Å². The summed E-state index contributed by atoms with van der Waals surface area (Å²) < 4.78 is 35.4. The summed E-state index contributed by atoms with van der Waals surface area (Å²) in [5.74, 6) is -2.47. The van der Waals surface area contributed by atoms with Gasteiger partial charge < -0.3 is 43.4 Å². The molecule has 4 heterocycles. The highest BCUT2D eigenvalue weighted by atomic mass is 16.5. The van der Waals surface area contributed by atoms with E-state index in [4.69, 9.17) is 27.5 Å². The van der Waals surface area contributed by atoms with Gasteiger partial charge in [-0.05, 0) is 110 Å². The van der Waals surface area contributed by atoms with Crippen LogP contribution in [-0.2, 0) is 19.3 Å². The van der Waals surface area contributed by atoms with E-state index in [1.54, 1.807) is 185 Å². The topological polar surface area (TPSA) is 244 Å². The number of hydrogen-bond donors (Lipinski definition) is 3. The van der Waals surface area contributed by atoms with Gasteiger partial charge in [-0.1, -0.05) is 91.0 Å². The zero-order valence-electron chi connectivity index (χ0n) is 42.2. The van der Waals surface area contributed by atoms with Crippen molar-refractivity contribution < 1.29 is 56.2 Å². The molecule has 0 aliphatic carbocycles. The molecule has 18 nitrogen and oxygen atoms in total. The Morgan fingerprint density at radius 2 is 0.628 bits per heavy atom. The van der Waals surface area contributed by atoms with Crippen LogP contribution >= 0.6 is 0 Å². The molecular weight excluding hydrogens is 997 g/mol. The number of nitrogens with one attached hydrogen (secondary N) is 3. The minimum absolute atomic E-state index is 0.0115. The Hall–Kier alpha value is -10.2. The normalized spacial score (nSPS) is 15.4. The minimum atomic E-state index is -1.01. The highest BCUT2D eigenvalue weighted by molar-refractivity contribution is 5.96. The quantitative estimate of drug-likeness (QED) is 0.0761. The van der Waals surface area contributed by atoms with Crippen LogP contribution in [0.15, 0.2) is 177 Å². The molecule has 0 radical (unpaired) electrons. The van der Waals surface area contributed by atoms with Gasteiger partial charge in [0, 0.05) is 19.3 Å². The molecule has 18 heteroatoms. The van der Waals surface area contributed by atoms with Crippen LogP contribution in [0.2, 0.25) is 0 Å². The van der Waals surface area contributed by atoms with E-state index in [2.05, 4.69) is 30.9 Å². The number of aromatic nitrogens is 3. The first-order chi connectivity index (χ1) is 37.8. The molecule has 3 aromatic heterocycles. The number of hydrogen-bond acceptors (Lipinski definition) is 15. The van der Waals surface area contributed by atoms with E-state index >= 15 is 0 Å². The second kappa shape index (κ2) is 22.7. The smallest absolute Gasteiger partial charge is 0.343 e. The SMILES string of the molecule is Cc1oc2nc1C(=O)NC(Cc1ccc(OC(=O)c3ccccc3)cc1)c1nc(c(C)o1)C(=O)NC(Cc1ccc(OC(=O)c3ccccc3)cc1)c1nc(c(C)o1)C(=O)NC2Cc1ccc(OC(=O)c2ccccc2)cc1. The monoisotopic (exact) mass is 1040 g/mol. The van der Waals surface area contributed by atoms with Gasteiger partial charge in [-0.25, -0.2) is 29.3 Å². The van der Waals surface area contributed by atoms with E-state index in [0.717, 1.165) is 0 Å². The van der Waals surface area contributed by atoms with Gasteiger partial charge >= 0.3 is 17.9 Å². The van der Waals surface area contributed by atoms with E-state index in [1.165, 1.54) is 0 Å². The fourth-order valence-electron chi connectivity index (χ4n) is 8.62. The van der Waals surface area contributed by atoms with Crippen molar-refractivity contribution in [3.05, 3.63) is 249 Å². The third-order valence-corrected chi connectivity index (χ3v) is 12.6. The molecule has 0 saturated carbocycles. The van der Waals surface area contributed by atoms with Gasteiger partial charge in [-0.3, -0.25) is 14.4 Å². The summed E-state index contributed by atoms with van der Waals surface area (Å²) in [6.45, 7) is 4.68. The zero-order chi connectivity index (χ0) is 54.3. The Balaban J connectivity index is 0.979. The predicted molar refractivity (Wildman–Crippen MR) is 279 cm³/mol. The molecule has 3 N–H and O–H groups in total. The third-order valence-electron chi connectivity index (χ3n) is 12.6. The van der Waals surface area contributed by atoms with Gasteiger partial charge in [0.05, 0.1) is 16.7 Å². The summed E-state index contributed by atoms with van der Waals surface area (Å²) in [7, 11) is 0. The first kappa shape index (κ1) is 51.3. The number of esters is 3. The maximum Gasteiger partial charge on any atom is 0.343 e. The molecule has 78 heavy (non-hydrogen) atoms. The molecule has 1 aliphatic rings. The molecule has 0 fully saturated rings. The van der Waals surface area contributed by atoms with Crippen LogP contribution < -0.4 is 30.2 Å². The fourth-order valence-corrected chi connectivity index (χ4v) is 8.62. The zero-order valence-corrected chi connectivity index (χ0v) is 42.2. The Bertz CT molecular complexity index is 3270. The molecule has 1 aliphatic heterocycles. The number of aryl methyl sites for hydroxylation is 3. The average molecular weight is 1050 g/mol.